The van der Waals surface area contributed by atoms with E-state index in [0.29, 0.717) is 13.0 Å². The Labute approximate surface area is 181 Å². The first-order valence-corrected chi connectivity index (χ1v) is 10.8. The third-order valence-corrected chi connectivity index (χ3v) is 5.59. The molecule has 3 aromatic rings. The van der Waals surface area contributed by atoms with E-state index in [0.717, 1.165) is 67.8 Å². The molecule has 0 spiro atoms. The van der Waals surface area contributed by atoms with Gasteiger partial charge in [0.05, 0.1) is 13.0 Å². The van der Waals surface area contributed by atoms with Gasteiger partial charge in [0.1, 0.15) is 29.0 Å². The number of hydrogen-bond donors (Lipinski definition) is 1. The van der Waals surface area contributed by atoms with Crippen LogP contribution < -0.4 is 5.32 Å². The number of furan rings is 1. The van der Waals surface area contributed by atoms with Gasteiger partial charge in [-0.25, -0.2) is 4.39 Å². The number of nitrogens with one attached hydrogen (secondary N) is 1. The molecular weight excluding hydrogens is 397 g/mol. The molecule has 0 atom stereocenters. The SMILES string of the molecule is CCc1ccc(CN2CCc3nnc(CCNC(=O)Cc4ccc(F)cc4)n3CC2)o1. The molecule has 1 amide bonds. The molecule has 4 rings (SSSR count). The largest absolute Gasteiger partial charge is 0.465 e. The highest BCUT2D eigenvalue weighted by Crippen LogP contribution is 2.15. The lowest BCUT2D eigenvalue weighted by Crippen LogP contribution is -2.28. The number of halogens is 1. The molecule has 31 heavy (non-hydrogen) atoms. The number of carbonyl (C=O) groups is 1. The van der Waals surface area contributed by atoms with E-state index >= 15 is 0 Å². The van der Waals surface area contributed by atoms with E-state index in [1.54, 1.807) is 12.1 Å². The van der Waals surface area contributed by atoms with Gasteiger partial charge in [0.25, 0.3) is 0 Å². The van der Waals surface area contributed by atoms with Crippen LogP contribution in [0.3, 0.4) is 0 Å². The Bertz CT molecular complexity index is 1010. The first-order valence-electron chi connectivity index (χ1n) is 10.8. The van der Waals surface area contributed by atoms with Crippen molar-refractivity contribution in [2.75, 3.05) is 19.6 Å². The molecule has 0 unspecified atom stereocenters. The molecule has 1 aliphatic heterocycles. The Hall–Kier alpha value is -3.00. The molecule has 1 aliphatic rings. The minimum Gasteiger partial charge on any atom is -0.465 e. The maximum atomic E-state index is 13.0. The molecule has 0 fully saturated rings. The standard InChI is InChI=1S/C23H28FN5O2/c1-2-19-7-8-20(31-19)16-28-12-10-22-27-26-21(29(22)14-13-28)9-11-25-23(30)15-17-3-5-18(24)6-4-17/h3-8H,2,9-16H2,1H3,(H,25,30). The average molecular weight is 426 g/mol. The van der Waals surface area contributed by atoms with Crippen LogP contribution in [0, 0.1) is 5.82 Å². The molecule has 7 nitrogen and oxygen atoms in total. The summed E-state index contributed by atoms with van der Waals surface area (Å²) in [5, 5.41) is 11.6. The predicted molar refractivity (Wildman–Crippen MR) is 114 cm³/mol. The fourth-order valence-corrected chi connectivity index (χ4v) is 3.85. The van der Waals surface area contributed by atoms with Gasteiger partial charge in [-0.3, -0.25) is 9.69 Å². The van der Waals surface area contributed by atoms with E-state index < -0.39 is 0 Å². The molecule has 0 bridgehead atoms. The van der Waals surface area contributed by atoms with E-state index in [9.17, 15) is 9.18 Å². The van der Waals surface area contributed by atoms with E-state index in [4.69, 9.17) is 4.42 Å². The summed E-state index contributed by atoms with van der Waals surface area (Å²) in [6.45, 7) is 6.02. The molecular formula is C23H28FN5O2. The number of aryl methyl sites for hydroxylation is 1. The normalized spacial score (nSPS) is 14.3. The first-order chi connectivity index (χ1) is 15.1. The fourth-order valence-electron chi connectivity index (χ4n) is 3.85. The summed E-state index contributed by atoms with van der Waals surface area (Å²) in [6.07, 6.45) is 2.61. The molecule has 0 radical (unpaired) electrons. The number of fused-ring (bicyclic) bond motifs is 1. The summed E-state index contributed by atoms with van der Waals surface area (Å²) in [4.78, 5) is 14.5. The highest BCUT2D eigenvalue weighted by Gasteiger charge is 2.19. The molecule has 1 N–H and O–H groups in total. The van der Waals surface area contributed by atoms with Gasteiger partial charge in [-0.05, 0) is 29.8 Å². The van der Waals surface area contributed by atoms with E-state index in [-0.39, 0.29) is 18.1 Å². The van der Waals surface area contributed by atoms with Crippen LogP contribution in [0.5, 0.6) is 0 Å². The van der Waals surface area contributed by atoms with Crippen molar-refractivity contribution in [1.29, 1.82) is 0 Å². The minimum atomic E-state index is -0.301. The van der Waals surface area contributed by atoms with Crippen LogP contribution >= 0.6 is 0 Å². The summed E-state index contributed by atoms with van der Waals surface area (Å²) >= 11 is 0. The molecule has 0 saturated heterocycles. The highest BCUT2D eigenvalue weighted by atomic mass is 19.1. The average Bonchev–Trinajstić information content (AvgIpc) is 3.33. The van der Waals surface area contributed by atoms with Crippen LogP contribution in [0.15, 0.2) is 40.8 Å². The molecule has 164 valence electrons. The summed E-state index contributed by atoms with van der Waals surface area (Å²) in [5.74, 6) is 3.52. The number of rotatable bonds is 8. The van der Waals surface area contributed by atoms with Gasteiger partial charge in [-0.2, -0.15) is 0 Å². The maximum Gasteiger partial charge on any atom is 0.224 e. The number of benzene rings is 1. The van der Waals surface area contributed by atoms with Crippen molar-refractivity contribution in [2.45, 2.75) is 45.7 Å². The van der Waals surface area contributed by atoms with Gasteiger partial charge in [0.2, 0.25) is 5.91 Å². The zero-order chi connectivity index (χ0) is 21.6. The fraction of sp³-hybridized carbons (Fsp3) is 0.435. The van der Waals surface area contributed by atoms with Crippen LogP contribution in [0.1, 0.15) is 35.7 Å². The van der Waals surface area contributed by atoms with Gasteiger partial charge in [-0.15, -0.1) is 10.2 Å². The molecule has 8 heteroatoms. The third kappa shape index (κ3) is 5.58. The van der Waals surface area contributed by atoms with Crippen molar-refractivity contribution in [3.63, 3.8) is 0 Å². The van der Waals surface area contributed by atoms with Crippen molar-refractivity contribution in [3.05, 3.63) is 70.9 Å². The van der Waals surface area contributed by atoms with Crippen molar-refractivity contribution in [1.82, 2.24) is 25.0 Å². The zero-order valence-electron chi connectivity index (χ0n) is 17.8. The van der Waals surface area contributed by atoms with Gasteiger partial charge >= 0.3 is 0 Å². The molecule has 2 aromatic heterocycles. The predicted octanol–water partition coefficient (Wildman–Crippen LogP) is 2.53. The Morgan fingerprint density at radius 2 is 1.90 bits per heavy atom. The Morgan fingerprint density at radius 1 is 1.10 bits per heavy atom. The zero-order valence-corrected chi connectivity index (χ0v) is 17.8. The van der Waals surface area contributed by atoms with Gasteiger partial charge < -0.3 is 14.3 Å². The lowest BCUT2D eigenvalue weighted by Gasteiger charge is -2.18. The number of carbonyl (C=O) groups excluding carboxylic acids is 1. The van der Waals surface area contributed by atoms with Crippen LogP contribution in [0.2, 0.25) is 0 Å². The quantitative estimate of drug-likeness (QED) is 0.600. The summed E-state index contributed by atoms with van der Waals surface area (Å²) in [7, 11) is 0. The van der Waals surface area contributed by atoms with Crippen molar-refractivity contribution >= 4 is 5.91 Å². The van der Waals surface area contributed by atoms with E-state index in [2.05, 4.69) is 38.0 Å². The van der Waals surface area contributed by atoms with Crippen LogP contribution in [0.25, 0.3) is 0 Å². The Morgan fingerprint density at radius 3 is 2.68 bits per heavy atom. The minimum absolute atomic E-state index is 0.0849. The van der Waals surface area contributed by atoms with Crippen LogP contribution in [-0.4, -0.2) is 45.2 Å². The topological polar surface area (TPSA) is 76.2 Å². The highest BCUT2D eigenvalue weighted by molar-refractivity contribution is 5.78. The van der Waals surface area contributed by atoms with Crippen molar-refractivity contribution < 1.29 is 13.6 Å². The first kappa shape index (κ1) is 21.2. The number of amides is 1. The van der Waals surface area contributed by atoms with Crippen LogP contribution in [-0.2, 0) is 43.6 Å². The number of hydrogen-bond acceptors (Lipinski definition) is 5. The van der Waals surface area contributed by atoms with Gasteiger partial charge in [-0.1, -0.05) is 19.1 Å². The van der Waals surface area contributed by atoms with Crippen molar-refractivity contribution in [3.8, 4) is 0 Å². The monoisotopic (exact) mass is 425 g/mol. The Kier molecular flexibility index (Phi) is 6.76. The lowest BCUT2D eigenvalue weighted by atomic mass is 10.1. The van der Waals surface area contributed by atoms with E-state index in [1.807, 2.05) is 6.07 Å². The summed E-state index contributed by atoms with van der Waals surface area (Å²) < 4.78 is 21.0. The maximum absolute atomic E-state index is 13.0. The van der Waals surface area contributed by atoms with Gasteiger partial charge in [0.15, 0.2) is 0 Å². The second-order valence-corrected chi connectivity index (χ2v) is 7.84. The lowest BCUT2D eigenvalue weighted by molar-refractivity contribution is -0.120. The third-order valence-electron chi connectivity index (χ3n) is 5.59. The Balaban J connectivity index is 1.26. The number of nitrogens with zero attached hydrogens (tertiary/aromatic N) is 4. The second kappa shape index (κ2) is 9.87. The smallest absolute Gasteiger partial charge is 0.224 e. The second-order valence-electron chi connectivity index (χ2n) is 7.84. The molecule has 0 saturated carbocycles. The summed E-state index contributed by atoms with van der Waals surface area (Å²) in [6, 6.07) is 10.1. The van der Waals surface area contributed by atoms with Gasteiger partial charge in [0, 0.05) is 45.4 Å². The van der Waals surface area contributed by atoms with Crippen LogP contribution in [0.4, 0.5) is 4.39 Å². The molecule has 1 aromatic carbocycles. The van der Waals surface area contributed by atoms with Crippen molar-refractivity contribution in [2.24, 2.45) is 0 Å². The number of aromatic nitrogens is 3. The molecule has 3 heterocycles. The molecule has 0 aliphatic carbocycles. The summed E-state index contributed by atoms with van der Waals surface area (Å²) in [5.41, 5.74) is 0.790. The van der Waals surface area contributed by atoms with E-state index in [1.165, 1.54) is 12.1 Å².